The minimum atomic E-state index is -0.211. The van der Waals surface area contributed by atoms with Crippen LogP contribution in [0, 0.1) is 0 Å². The van der Waals surface area contributed by atoms with Crippen LogP contribution < -0.4 is 0 Å². The average Bonchev–Trinajstić information content (AvgIpc) is 2.30. The Kier molecular flexibility index (Phi) is 3.17. The second-order valence-corrected chi connectivity index (χ2v) is 4.35. The molecule has 1 aliphatic carbocycles. The van der Waals surface area contributed by atoms with Crippen LogP contribution in [-0.2, 0) is 0 Å². The number of carbonyl (C=O) groups excluding carboxylic acids is 1. The van der Waals surface area contributed by atoms with E-state index >= 15 is 0 Å². The van der Waals surface area contributed by atoms with E-state index in [0.717, 1.165) is 12.8 Å². The molecule has 0 saturated heterocycles. The van der Waals surface area contributed by atoms with Crippen LogP contribution in [0.25, 0.3) is 0 Å². The number of aromatic hydroxyl groups is 1. The molecule has 1 aromatic heterocycles. The predicted octanol–water partition coefficient (Wildman–Crippen LogP) is 2.43. The molecular weight excluding hydrogens is 204 g/mol. The fourth-order valence-electron chi connectivity index (χ4n) is 2.21. The molecule has 1 fully saturated rings. The lowest BCUT2D eigenvalue weighted by Gasteiger charge is -2.20. The van der Waals surface area contributed by atoms with Crippen molar-refractivity contribution in [3.8, 4) is 5.75 Å². The highest BCUT2D eigenvalue weighted by atomic mass is 16.3. The first-order valence-electron chi connectivity index (χ1n) is 5.75. The zero-order valence-corrected chi connectivity index (χ0v) is 9.44. The number of aromatic nitrogens is 2. The van der Waals surface area contributed by atoms with E-state index in [2.05, 4.69) is 9.97 Å². The van der Waals surface area contributed by atoms with Crippen LogP contribution in [0.2, 0.25) is 0 Å². The van der Waals surface area contributed by atoms with E-state index in [1.807, 2.05) is 0 Å². The molecule has 0 aromatic carbocycles. The van der Waals surface area contributed by atoms with Gasteiger partial charge in [0, 0.05) is 12.8 Å². The molecule has 0 aliphatic heterocycles. The first-order chi connectivity index (χ1) is 7.68. The molecule has 4 nitrogen and oxygen atoms in total. The van der Waals surface area contributed by atoms with Gasteiger partial charge in [0.25, 0.3) is 0 Å². The molecule has 0 unspecified atom stereocenters. The van der Waals surface area contributed by atoms with E-state index in [9.17, 15) is 9.90 Å². The van der Waals surface area contributed by atoms with E-state index in [4.69, 9.17) is 0 Å². The highest BCUT2D eigenvalue weighted by Crippen LogP contribution is 2.31. The van der Waals surface area contributed by atoms with Crippen LogP contribution in [0.3, 0.4) is 0 Å². The molecule has 86 valence electrons. The fourth-order valence-corrected chi connectivity index (χ4v) is 2.21. The van der Waals surface area contributed by atoms with Crippen LogP contribution in [0.1, 0.15) is 61.3 Å². The summed E-state index contributed by atoms with van der Waals surface area (Å²) in [4.78, 5) is 19.6. The van der Waals surface area contributed by atoms with Crippen molar-refractivity contribution >= 4 is 5.78 Å². The standard InChI is InChI=1S/C12H16N2O2/c1-8(15)11-10(16)7-13-12(14-11)9-5-3-2-4-6-9/h7,9,16H,2-6H2,1H3. The number of nitrogens with zero attached hydrogens (tertiary/aromatic N) is 2. The van der Waals surface area contributed by atoms with Crippen LogP contribution in [-0.4, -0.2) is 20.9 Å². The molecule has 4 heteroatoms. The average molecular weight is 220 g/mol. The van der Waals surface area contributed by atoms with Crippen LogP contribution in [0.15, 0.2) is 6.20 Å². The highest BCUT2D eigenvalue weighted by molar-refractivity contribution is 5.94. The Morgan fingerprint density at radius 1 is 1.38 bits per heavy atom. The van der Waals surface area contributed by atoms with Crippen LogP contribution >= 0.6 is 0 Å². The summed E-state index contributed by atoms with van der Waals surface area (Å²) in [6, 6.07) is 0. The Hall–Kier alpha value is -1.45. The summed E-state index contributed by atoms with van der Waals surface area (Å²) in [5.74, 6) is 0.735. The highest BCUT2D eigenvalue weighted by Gasteiger charge is 2.20. The maximum atomic E-state index is 11.3. The smallest absolute Gasteiger partial charge is 0.182 e. The Balaban J connectivity index is 2.27. The monoisotopic (exact) mass is 220 g/mol. The summed E-state index contributed by atoms with van der Waals surface area (Å²) in [5, 5.41) is 9.46. The minimum absolute atomic E-state index is 0.118. The molecule has 0 atom stereocenters. The molecule has 16 heavy (non-hydrogen) atoms. The summed E-state index contributed by atoms with van der Waals surface area (Å²) in [5.41, 5.74) is 0.149. The van der Waals surface area contributed by atoms with Gasteiger partial charge in [0.2, 0.25) is 0 Å². The SMILES string of the molecule is CC(=O)c1nc(C2CCCCC2)ncc1O. The number of ketones is 1. The molecule has 1 aliphatic rings. The van der Waals surface area contributed by atoms with Gasteiger partial charge in [-0.3, -0.25) is 4.79 Å². The van der Waals surface area contributed by atoms with Crippen molar-refractivity contribution < 1.29 is 9.90 Å². The number of hydrogen-bond donors (Lipinski definition) is 1. The van der Waals surface area contributed by atoms with E-state index in [1.54, 1.807) is 0 Å². The van der Waals surface area contributed by atoms with Crippen molar-refractivity contribution in [3.63, 3.8) is 0 Å². The Labute approximate surface area is 94.7 Å². The molecule has 0 radical (unpaired) electrons. The van der Waals surface area contributed by atoms with Crippen molar-refractivity contribution in [1.29, 1.82) is 0 Å². The number of hydrogen-bond acceptors (Lipinski definition) is 4. The van der Waals surface area contributed by atoms with Gasteiger partial charge in [-0.1, -0.05) is 19.3 Å². The first kappa shape index (κ1) is 11.0. The largest absolute Gasteiger partial charge is 0.504 e. The molecule has 1 saturated carbocycles. The second-order valence-electron chi connectivity index (χ2n) is 4.35. The van der Waals surface area contributed by atoms with Gasteiger partial charge in [0.15, 0.2) is 17.2 Å². The predicted molar refractivity (Wildman–Crippen MR) is 59.5 cm³/mol. The molecule has 0 amide bonds. The normalized spacial score (nSPS) is 17.3. The Morgan fingerprint density at radius 3 is 2.69 bits per heavy atom. The maximum absolute atomic E-state index is 11.3. The van der Waals surface area contributed by atoms with E-state index < -0.39 is 0 Å². The molecule has 2 rings (SSSR count). The zero-order valence-electron chi connectivity index (χ0n) is 9.44. The second kappa shape index (κ2) is 4.60. The van der Waals surface area contributed by atoms with Gasteiger partial charge in [-0.05, 0) is 12.8 Å². The number of Topliss-reactive ketones (excluding diaryl/α,β-unsaturated/α-hetero) is 1. The van der Waals surface area contributed by atoms with E-state index in [1.165, 1.54) is 32.4 Å². The van der Waals surface area contributed by atoms with Crippen LogP contribution in [0.5, 0.6) is 5.75 Å². The fraction of sp³-hybridized carbons (Fsp3) is 0.583. The topological polar surface area (TPSA) is 63.1 Å². The lowest BCUT2D eigenvalue weighted by Crippen LogP contribution is -2.11. The lowest BCUT2D eigenvalue weighted by molar-refractivity contribution is 0.100. The maximum Gasteiger partial charge on any atom is 0.182 e. The van der Waals surface area contributed by atoms with Gasteiger partial charge >= 0.3 is 0 Å². The summed E-state index contributed by atoms with van der Waals surface area (Å²) < 4.78 is 0. The summed E-state index contributed by atoms with van der Waals surface area (Å²) in [6.45, 7) is 1.41. The number of rotatable bonds is 2. The van der Waals surface area contributed by atoms with Gasteiger partial charge in [-0.2, -0.15) is 0 Å². The van der Waals surface area contributed by atoms with Gasteiger partial charge in [0.05, 0.1) is 6.20 Å². The molecule has 0 spiro atoms. The molecule has 1 N–H and O–H groups in total. The van der Waals surface area contributed by atoms with Gasteiger partial charge < -0.3 is 5.11 Å². The first-order valence-corrected chi connectivity index (χ1v) is 5.75. The third-order valence-electron chi connectivity index (χ3n) is 3.09. The molecule has 1 aromatic rings. The van der Waals surface area contributed by atoms with Crippen LogP contribution in [0.4, 0.5) is 0 Å². The Morgan fingerprint density at radius 2 is 2.06 bits per heavy atom. The molecule has 0 bridgehead atoms. The van der Waals surface area contributed by atoms with Gasteiger partial charge in [0.1, 0.15) is 5.82 Å². The third kappa shape index (κ3) is 2.21. The lowest BCUT2D eigenvalue weighted by atomic mass is 9.88. The van der Waals surface area contributed by atoms with Crippen molar-refractivity contribution in [2.45, 2.75) is 44.9 Å². The third-order valence-corrected chi connectivity index (χ3v) is 3.09. The molecule has 1 heterocycles. The zero-order chi connectivity index (χ0) is 11.5. The van der Waals surface area contributed by atoms with Gasteiger partial charge in [-0.15, -0.1) is 0 Å². The number of carbonyl (C=O) groups is 1. The van der Waals surface area contributed by atoms with Crippen molar-refractivity contribution in [1.82, 2.24) is 9.97 Å². The van der Waals surface area contributed by atoms with E-state index in [-0.39, 0.29) is 17.2 Å². The summed E-state index contributed by atoms with van der Waals surface area (Å²) in [7, 11) is 0. The molecular formula is C12H16N2O2. The summed E-state index contributed by atoms with van der Waals surface area (Å²) >= 11 is 0. The van der Waals surface area contributed by atoms with Crippen molar-refractivity contribution in [2.75, 3.05) is 0 Å². The summed E-state index contributed by atoms with van der Waals surface area (Å²) in [6.07, 6.45) is 7.18. The quantitative estimate of drug-likeness (QED) is 0.777. The van der Waals surface area contributed by atoms with Crippen molar-refractivity contribution in [3.05, 3.63) is 17.7 Å². The minimum Gasteiger partial charge on any atom is -0.504 e. The van der Waals surface area contributed by atoms with Gasteiger partial charge in [-0.25, -0.2) is 9.97 Å². The van der Waals surface area contributed by atoms with Crippen molar-refractivity contribution in [2.24, 2.45) is 0 Å². The van der Waals surface area contributed by atoms with E-state index in [0.29, 0.717) is 11.7 Å². The Bertz CT molecular complexity index is 398.